The van der Waals surface area contributed by atoms with Gasteiger partial charge in [-0.3, -0.25) is 11.3 Å². The van der Waals surface area contributed by atoms with E-state index in [1.54, 1.807) is 0 Å². The molecule has 1 aromatic carbocycles. The number of nitrogens with one attached hydrogen (secondary N) is 1. The fourth-order valence-electron chi connectivity index (χ4n) is 1.69. The third-order valence-corrected chi connectivity index (χ3v) is 2.97. The maximum Gasteiger partial charge on any atom is 0.124 e. The van der Waals surface area contributed by atoms with Gasteiger partial charge in [-0.1, -0.05) is 15.9 Å². The Morgan fingerprint density at radius 2 is 2.14 bits per heavy atom. The Morgan fingerprint density at radius 3 is 2.64 bits per heavy atom. The number of rotatable bonds is 3. The molecule has 1 atom stereocenters. The predicted molar refractivity (Wildman–Crippen MR) is 56.9 cm³/mol. The van der Waals surface area contributed by atoms with Crippen LogP contribution in [0.1, 0.15) is 24.4 Å². The first kappa shape index (κ1) is 10.1. The van der Waals surface area contributed by atoms with Crippen LogP contribution in [0.4, 0.5) is 4.39 Å². The molecule has 1 unspecified atom stereocenters. The normalized spacial score (nSPS) is 18.2. The van der Waals surface area contributed by atoms with E-state index in [9.17, 15) is 4.39 Å². The van der Waals surface area contributed by atoms with Crippen molar-refractivity contribution in [2.24, 2.45) is 11.8 Å². The number of hydrogen-bond donors (Lipinski definition) is 2. The van der Waals surface area contributed by atoms with E-state index in [0.717, 1.165) is 10.0 Å². The van der Waals surface area contributed by atoms with Crippen LogP contribution in [-0.2, 0) is 0 Å². The molecule has 76 valence electrons. The zero-order valence-corrected chi connectivity index (χ0v) is 9.22. The predicted octanol–water partition coefficient (Wildman–Crippen LogP) is 2.50. The summed E-state index contributed by atoms with van der Waals surface area (Å²) < 4.78 is 13.9. The monoisotopic (exact) mass is 258 g/mol. The smallest absolute Gasteiger partial charge is 0.124 e. The maximum atomic E-state index is 13.1. The highest BCUT2D eigenvalue weighted by atomic mass is 79.9. The lowest BCUT2D eigenvalue weighted by Crippen LogP contribution is -2.29. The van der Waals surface area contributed by atoms with Gasteiger partial charge in [-0.15, -0.1) is 0 Å². The second kappa shape index (κ2) is 3.96. The lowest BCUT2D eigenvalue weighted by molar-refractivity contribution is 0.492. The Bertz CT molecular complexity index is 319. The molecule has 4 heteroatoms. The van der Waals surface area contributed by atoms with Crippen molar-refractivity contribution in [2.75, 3.05) is 0 Å². The number of halogens is 2. The summed E-state index contributed by atoms with van der Waals surface area (Å²) in [6.45, 7) is 0. The minimum atomic E-state index is -0.227. The summed E-state index contributed by atoms with van der Waals surface area (Å²) in [7, 11) is 0. The van der Waals surface area contributed by atoms with Crippen molar-refractivity contribution in [2.45, 2.75) is 18.9 Å². The second-order valence-electron chi connectivity index (χ2n) is 3.68. The Balaban J connectivity index is 2.28. The summed E-state index contributed by atoms with van der Waals surface area (Å²) in [6, 6.07) is 4.98. The molecule has 2 nitrogen and oxygen atoms in total. The molecule has 1 aromatic rings. The van der Waals surface area contributed by atoms with Gasteiger partial charge in [0.1, 0.15) is 5.82 Å². The van der Waals surface area contributed by atoms with Gasteiger partial charge in [0, 0.05) is 10.5 Å². The van der Waals surface area contributed by atoms with Gasteiger partial charge in [0.2, 0.25) is 0 Å². The van der Waals surface area contributed by atoms with E-state index in [-0.39, 0.29) is 11.9 Å². The lowest BCUT2D eigenvalue weighted by atomic mass is 10.0. The van der Waals surface area contributed by atoms with Crippen LogP contribution in [0.5, 0.6) is 0 Å². The molecule has 0 aromatic heterocycles. The Labute approximate surface area is 90.8 Å². The zero-order chi connectivity index (χ0) is 10.1. The molecule has 0 bridgehead atoms. The van der Waals surface area contributed by atoms with E-state index in [1.165, 1.54) is 25.0 Å². The lowest BCUT2D eigenvalue weighted by Gasteiger charge is -2.15. The van der Waals surface area contributed by atoms with E-state index in [0.29, 0.717) is 5.92 Å². The van der Waals surface area contributed by atoms with Crippen LogP contribution >= 0.6 is 15.9 Å². The topological polar surface area (TPSA) is 38.0 Å². The summed E-state index contributed by atoms with van der Waals surface area (Å²) in [5.41, 5.74) is 3.67. The van der Waals surface area contributed by atoms with Crippen molar-refractivity contribution in [3.8, 4) is 0 Å². The van der Waals surface area contributed by atoms with Crippen LogP contribution in [0.15, 0.2) is 22.7 Å². The van der Waals surface area contributed by atoms with Crippen LogP contribution in [0.3, 0.4) is 0 Å². The Morgan fingerprint density at radius 1 is 1.43 bits per heavy atom. The molecule has 0 radical (unpaired) electrons. The van der Waals surface area contributed by atoms with E-state index in [2.05, 4.69) is 21.4 Å². The van der Waals surface area contributed by atoms with Gasteiger partial charge >= 0.3 is 0 Å². The van der Waals surface area contributed by atoms with Gasteiger partial charge in [-0.25, -0.2) is 4.39 Å². The third kappa shape index (κ3) is 2.13. The van der Waals surface area contributed by atoms with Crippen molar-refractivity contribution in [1.82, 2.24) is 5.43 Å². The summed E-state index contributed by atoms with van der Waals surface area (Å²) >= 11 is 3.27. The standard InChI is InChI=1S/C10H12BrFN2/c11-8-3-7(4-9(12)5-8)10(14-13)6-1-2-6/h3-6,10,14H,1-2,13H2. The van der Waals surface area contributed by atoms with E-state index in [1.807, 2.05) is 6.07 Å². The largest absolute Gasteiger partial charge is 0.271 e. The van der Waals surface area contributed by atoms with Crippen LogP contribution in [0.2, 0.25) is 0 Å². The van der Waals surface area contributed by atoms with Gasteiger partial charge in [0.05, 0.1) is 0 Å². The number of nitrogens with two attached hydrogens (primary N) is 1. The molecule has 1 aliphatic carbocycles. The second-order valence-corrected chi connectivity index (χ2v) is 4.60. The molecule has 0 heterocycles. The van der Waals surface area contributed by atoms with Crippen LogP contribution < -0.4 is 11.3 Å². The fourth-order valence-corrected chi connectivity index (χ4v) is 2.17. The molecule has 0 amide bonds. The van der Waals surface area contributed by atoms with Crippen LogP contribution in [0.25, 0.3) is 0 Å². The first-order chi connectivity index (χ1) is 6.70. The number of hydrazine groups is 1. The van der Waals surface area contributed by atoms with E-state index in [4.69, 9.17) is 5.84 Å². The van der Waals surface area contributed by atoms with E-state index >= 15 is 0 Å². The van der Waals surface area contributed by atoms with Crippen molar-refractivity contribution >= 4 is 15.9 Å². The molecular weight excluding hydrogens is 247 g/mol. The average molecular weight is 259 g/mol. The summed E-state index contributed by atoms with van der Waals surface area (Å²) in [5, 5.41) is 0. The highest BCUT2D eigenvalue weighted by molar-refractivity contribution is 9.10. The van der Waals surface area contributed by atoms with Gasteiger partial charge in [0.15, 0.2) is 0 Å². The van der Waals surface area contributed by atoms with E-state index < -0.39 is 0 Å². The van der Waals surface area contributed by atoms with Gasteiger partial charge in [0.25, 0.3) is 0 Å². The summed E-state index contributed by atoms with van der Waals surface area (Å²) in [5.74, 6) is 5.80. The SMILES string of the molecule is NNC(c1cc(F)cc(Br)c1)C1CC1. The molecule has 0 aliphatic heterocycles. The van der Waals surface area contributed by atoms with Crippen LogP contribution in [-0.4, -0.2) is 0 Å². The number of hydrogen-bond acceptors (Lipinski definition) is 2. The Kier molecular flexibility index (Phi) is 2.85. The molecule has 0 saturated heterocycles. The molecule has 3 N–H and O–H groups in total. The molecule has 1 fully saturated rings. The first-order valence-electron chi connectivity index (χ1n) is 4.63. The van der Waals surface area contributed by atoms with Gasteiger partial charge < -0.3 is 0 Å². The molecule has 14 heavy (non-hydrogen) atoms. The average Bonchev–Trinajstić information content (AvgIpc) is 2.87. The minimum Gasteiger partial charge on any atom is -0.271 e. The summed E-state index contributed by atoms with van der Waals surface area (Å²) in [4.78, 5) is 0. The minimum absolute atomic E-state index is 0.0852. The molecular formula is C10H12BrFN2. The number of benzene rings is 1. The molecule has 1 aliphatic rings. The van der Waals surface area contributed by atoms with Gasteiger partial charge in [-0.2, -0.15) is 0 Å². The fraction of sp³-hybridized carbons (Fsp3) is 0.400. The van der Waals surface area contributed by atoms with Crippen molar-refractivity contribution in [1.29, 1.82) is 0 Å². The molecule has 2 rings (SSSR count). The molecule has 0 spiro atoms. The van der Waals surface area contributed by atoms with Crippen molar-refractivity contribution < 1.29 is 4.39 Å². The highest BCUT2D eigenvalue weighted by Crippen LogP contribution is 2.41. The summed E-state index contributed by atoms with van der Waals surface area (Å²) in [6.07, 6.45) is 2.34. The molecule has 1 saturated carbocycles. The third-order valence-electron chi connectivity index (χ3n) is 2.52. The van der Waals surface area contributed by atoms with Crippen molar-refractivity contribution in [3.63, 3.8) is 0 Å². The quantitative estimate of drug-likeness (QED) is 0.646. The Hall–Kier alpha value is -0.450. The van der Waals surface area contributed by atoms with Crippen molar-refractivity contribution in [3.05, 3.63) is 34.1 Å². The zero-order valence-electron chi connectivity index (χ0n) is 7.63. The first-order valence-corrected chi connectivity index (χ1v) is 5.42. The maximum absolute atomic E-state index is 13.1. The highest BCUT2D eigenvalue weighted by Gasteiger charge is 2.31. The van der Waals surface area contributed by atoms with Gasteiger partial charge in [-0.05, 0) is 42.5 Å². The van der Waals surface area contributed by atoms with Crippen LogP contribution in [0, 0.1) is 11.7 Å².